The second-order valence-corrected chi connectivity index (χ2v) is 35.8. The average molecular weight is 1490 g/mol. The van der Waals surface area contributed by atoms with E-state index in [1.807, 2.05) is 38.1 Å². The maximum absolute atomic E-state index is 14.4. The number of aryl methyl sites for hydroxylation is 2. The molecule has 2 N–H and O–H groups in total. The maximum atomic E-state index is 14.4. The molecule has 0 saturated heterocycles. The van der Waals surface area contributed by atoms with E-state index >= 15 is 0 Å². The fraction of sp³-hybridized carbons (Fsp3) is 0.442. The SMILES string of the molecule is Cc1cc(Cl)cc(C2=CC(C(C)(C)CC(C)(C)C)=CC(n3c4ccc(C(C)(C)C)cc4c4cc(C(C)(C)C)ccc43)C2(O)OCCOc2c(C)cc(Cl)cc2-c2cc(C(C)(C)CC(C)(C)C)cc(-n3c4ccc(C(C)(C)C)cc4c4cc(C(C)(C)C)ccc43)c2O)c1.[CH3-].[CH3-].[Hf]. The van der Waals surface area contributed by atoms with Crippen LogP contribution in [0.4, 0.5) is 0 Å². The minimum Gasteiger partial charge on any atom is -0.505 e. The number of nitrogens with zero attached hydrogens (tertiary/aromatic N) is 2. The van der Waals surface area contributed by atoms with E-state index in [0.29, 0.717) is 38.2 Å². The quantitative estimate of drug-likeness (QED) is 0.0522. The van der Waals surface area contributed by atoms with Gasteiger partial charge in [0, 0.05) is 85.2 Å². The van der Waals surface area contributed by atoms with Gasteiger partial charge in [-0.1, -0.05) is 212 Å². The van der Waals surface area contributed by atoms with Gasteiger partial charge in [0.1, 0.15) is 24.1 Å². The molecule has 0 fully saturated rings. The van der Waals surface area contributed by atoms with Crippen LogP contribution in [0.25, 0.3) is 66.0 Å². The Balaban J connectivity index is 0.00000425. The number of phenolic OH excluding ortho intramolecular Hbond substituents is 1. The fourth-order valence-electron chi connectivity index (χ4n) is 15.0. The van der Waals surface area contributed by atoms with Gasteiger partial charge in [-0.2, -0.15) is 0 Å². The summed E-state index contributed by atoms with van der Waals surface area (Å²) in [7, 11) is 0. The van der Waals surface area contributed by atoms with Crippen LogP contribution in [-0.4, -0.2) is 38.3 Å². The van der Waals surface area contributed by atoms with Gasteiger partial charge >= 0.3 is 0 Å². The predicted octanol–water partition coefficient (Wildman–Crippen LogP) is 24.8. The van der Waals surface area contributed by atoms with Crippen LogP contribution in [0.3, 0.4) is 0 Å². The summed E-state index contributed by atoms with van der Waals surface area (Å²) >= 11 is 14.2. The summed E-state index contributed by atoms with van der Waals surface area (Å²) in [4.78, 5) is 0. The molecule has 1 aliphatic rings. The minimum absolute atomic E-state index is 0. The molecule has 9 heteroatoms. The Bertz CT molecular complexity index is 4270. The summed E-state index contributed by atoms with van der Waals surface area (Å²) < 4.78 is 19.0. The van der Waals surface area contributed by atoms with Gasteiger partial charge in [0.15, 0.2) is 0 Å². The van der Waals surface area contributed by atoms with Crippen LogP contribution in [0, 0.1) is 44.9 Å². The van der Waals surface area contributed by atoms with E-state index < -0.39 is 11.8 Å². The Hall–Kier alpha value is -5.41. The van der Waals surface area contributed by atoms with E-state index in [4.69, 9.17) is 32.7 Å². The molecular weight excluding hydrogens is 1370 g/mol. The summed E-state index contributed by atoms with van der Waals surface area (Å²) in [6.45, 7) is 54.2. The number of allylic oxidation sites excluding steroid dienone is 2. The number of aromatic nitrogens is 2. The summed E-state index contributed by atoms with van der Waals surface area (Å²) in [5, 5.41) is 33.4. The van der Waals surface area contributed by atoms with Crippen LogP contribution in [0.2, 0.25) is 10.0 Å². The van der Waals surface area contributed by atoms with E-state index in [1.165, 1.54) is 22.3 Å². The van der Waals surface area contributed by atoms with Gasteiger partial charge in [0.05, 0.1) is 23.3 Å². The first kappa shape index (κ1) is 76.9. The first-order valence-corrected chi connectivity index (χ1v) is 34.1. The molecule has 2 unspecified atom stereocenters. The van der Waals surface area contributed by atoms with E-state index in [0.717, 1.165) is 84.3 Å². The number of aromatic hydroxyl groups is 1. The molecule has 0 spiro atoms. The van der Waals surface area contributed by atoms with Crippen LogP contribution in [-0.2, 0) is 57.7 Å². The summed E-state index contributed by atoms with van der Waals surface area (Å²) in [6.07, 6.45) is 6.19. The number of hydrogen-bond acceptors (Lipinski definition) is 4. The molecule has 9 aromatic rings. The number of hydrogen-bond donors (Lipinski definition) is 2. The maximum Gasteiger partial charge on any atom is 0.218 e. The van der Waals surface area contributed by atoms with Crippen molar-refractivity contribution in [1.29, 1.82) is 0 Å². The second-order valence-electron chi connectivity index (χ2n) is 34.9. The molecule has 2 atom stereocenters. The van der Waals surface area contributed by atoms with Gasteiger partial charge < -0.3 is 43.7 Å². The first-order valence-electron chi connectivity index (χ1n) is 33.3. The molecule has 508 valence electrons. The Kier molecular flexibility index (Phi) is 21.6. The predicted molar refractivity (Wildman–Crippen MR) is 407 cm³/mol. The first-order chi connectivity index (χ1) is 42.3. The third-order valence-electron chi connectivity index (χ3n) is 19.1. The minimum atomic E-state index is -1.98. The number of fused-ring (bicyclic) bond motifs is 6. The van der Waals surface area contributed by atoms with Gasteiger partial charge in [-0.15, -0.1) is 0 Å². The van der Waals surface area contributed by atoms with Crippen molar-refractivity contribution in [3.8, 4) is 28.3 Å². The van der Waals surface area contributed by atoms with Gasteiger partial charge in [0.25, 0.3) is 0 Å². The second kappa shape index (κ2) is 26.7. The van der Waals surface area contributed by atoms with E-state index in [1.54, 1.807) is 0 Å². The van der Waals surface area contributed by atoms with E-state index in [2.05, 4.69) is 265 Å². The number of benzene rings is 7. The molecule has 7 aromatic carbocycles. The van der Waals surface area contributed by atoms with Crippen molar-refractivity contribution in [2.75, 3.05) is 13.2 Å². The smallest absolute Gasteiger partial charge is 0.218 e. The van der Waals surface area contributed by atoms with Crippen LogP contribution in [0.15, 0.2) is 133 Å². The molecule has 2 aromatic heterocycles. The zero-order chi connectivity index (χ0) is 67.8. The third-order valence-corrected chi connectivity index (χ3v) is 19.5. The van der Waals surface area contributed by atoms with Crippen LogP contribution >= 0.6 is 23.2 Å². The number of rotatable bonds is 13. The summed E-state index contributed by atoms with van der Waals surface area (Å²) in [6, 6.07) is 40.7. The van der Waals surface area contributed by atoms with Crippen molar-refractivity contribution in [3.05, 3.63) is 202 Å². The molecular formula is C86H110Cl2HfN2O4-2. The topological polar surface area (TPSA) is 68.8 Å². The van der Waals surface area contributed by atoms with Crippen LogP contribution in [0.1, 0.15) is 216 Å². The Morgan fingerprint density at radius 3 is 1.36 bits per heavy atom. The molecule has 0 saturated carbocycles. The van der Waals surface area contributed by atoms with Gasteiger partial charge in [0.2, 0.25) is 5.79 Å². The molecule has 10 rings (SSSR count). The van der Waals surface area contributed by atoms with Crippen LogP contribution < -0.4 is 4.74 Å². The molecule has 1 aliphatic carbocycles. The number of halogens is 2. The van der Waals surface area contributed by atoms with Gasteiger partial charge in [-0.25, -0.2) is 0 Å². The van der Waals surface area contributed by atoms with Crippen LogP contribution in [0.5, 0.6) is 11.5 Å². The molecule has 0 aliphatic heterocycles. The average Bonchev–Trinajstić information content (AvgIpc) is 1.64. The van der Waals surface area contributed by atoms with Crippen molar-refractivity contribution in [1.82, 2.24) is 9.13 Å². The molecule has 0 radical (unpaired) electrons. The number of phenols is 1. The zero-order valence-corrected chi connectivity index (χ0v) is 67.5. The fourth-order valence-corrected chi connectivity index (χ4v) is 15.5. The Labute approximate surface area is 600 Å². The molecule has 2 heterocycles. The van der Waals surface area contributed by atoms with Crippen molar-refractivity contribution in [2.45, 2.75) is 218 Å². The number of aliphatic hydroxyl groups is 1. The Morgan fingerprint density at radius 2 is 0.916 bits per heavy atom. The van der Waals surface area contributed by atoms with E-state index in [-0.39, 0.29) is 103 Å². The summed E-state index contributed by atoms with van der Waals surface area (Å²) in [5.41, 5.74) is 15.1. The van der Waals surface area contributed by atoms with Crippen molar-refractivity contribution in [2.24, 2.45) is 16.2 Å². The molecule has 95 heavy (non-hydrogen) atoms. The molecule has 6 nitrogen and oxygen atoms in total. The van der Waals surface area contributed by atoms with E-state index in [9.17, 15) is 10.2 Å². The van der Waals surface area contributed by atoms with Crippen molar-refractivity contribution < 1.29 is 45.5 Å². The third kappa shape index (κ3) is 15.6. The van der Waals surface area contributed by atoms with Gasteiger partial charge in [-0.05, 0) is 211 Å². The zero-order valence-electron chi connectivity index (χ0n) is 62.4. The van der Waals surface area contributed by atoms with Crippen molar-refractivity contribution >= 4 is 72.4 Å². The Morgan fingerprint density at radius 1 is 0.484 bits per heavy atom. The normalized spacial score (nSPS) is 16.2. The van der Waals surface area contributed by atoms with Crippen molar-refractivity contribution in [3.63, 3.8) is 0 Å². The van der Waals surface area contributed by atoms with Gasteiger partial charge in [-0.3, -0.25) is 0 Å². The largest absolute Gasteiger partial charge is 0.505 e. The molecule has 0 bridgehead atoms. The molecule has 0 amide bonds. The summed E-state index contributed by atoms with van der Waals surface area (Å²) in [5.74, 6) is -1.31. The standard InChI is InChI=1S/C84H104Cl2N2O4.2CH3.Hf/c1-50-35-52(38-59(85)36-50)67-44-58(83(23,24)49-77(6,7)8)46-73(88-70-31-27-55(80(15,16)17)41-63(70)64-42-56(81(18,19)20)28-32-71(64)88)84(67,90)92-34-33-91-75-51(2)37-60(86)47-66(75)65-43-57(82(21,22)48-76(3,4)5)45-72(74(65)89)87-68-29-25-53(78(9,10)11)39-61(68)62-40-54(79(12,13)14)26-30-69(62)87;;;/h25-32,35-47,73,89-90H,33-34,48-49H2,1-24H3;2*1H3;/q;2*-1;. The number of ether oxygens (including phenoxy) is 2. The monoisotopic (exact) mass is 1480 g/mol.